The molecule has 0 saturated carbocycles. The molecular formula is C14H13N3O3. The molecule has 20 heavy (non-hydrogen) atoms. The van der Waals surface area contributed by atoms with E-state index in [0.717, 1.165) is 24.0 Å². The first-order valence-electron chi connectivity index (χ1n) is 6.09. The number of pyridine rings is 1. The van der Waals surface area contributed by atoms with Gasteiger partial charge in [0.25, 0.3) is 0 Å². The van der Waals surface area contributed by atoms with Crippen LogP contribution in [0.3, 0.4) is 0 Å². The fraction of sp³-hybridized carbons (Fsp3) is 0.214. The predicted molar refractivity (Wildman–Crippen MR) is 70.0 cm³/mol. The van der Waals surface area contributed by atoms with Crippen molar-refractivity contribution in [1.29, 1.82) is 0 Å². The number of Topliss-reactive ketones (excluding diaryl/α,β-unsaturated/α-hetero) is 1. The topological polar surface area (TPSA) is 93.0 Å². The van der Waals surface area contributed by atoms with Crippen LogP contribution in [0, 0.1) is 0 Å². The summed E-state index contributed by atoms with van der Waals surface area (Å²) < 4.78 is 0. The van der Waals surface area contributed by atoms with E-state index in [-0.39, 0.29) is 6.42 Å². The van der Waals surface area contributed by atoms with Gasteiger partial charge in [-0.1, -0.05) is 6.07 Å². The first-order chi connectivity index (χ1) is 9.65. The molecular weight excluding hydrogens is 258 g/mol. The Morgan fingerprint density at radius 1 is 1.00 bits per heavy atom. The maximum Gasteiger partial charge on any atom is 0.372 e. The van der Waals surface area contributed by atoms with E-state index in [1.165, 1.54) is 6.33 Å². The zero-order valence-corrected chi connectivity index (χ0v) is 10.7. The highest BCUT2D eigenvalue weighted by Gasteiger charge is 2.12. The minimum absolute atomic E-state index is 0.178. The van der Waals surface area contributed by atoms with Gasteiger partial charge in [0.15, 0.2) is 0 Å². The molecule has 0 bridgehead atoms. The quantitative estimate of drug-likeness (QED) is 0.783. The maximum absolute atomic E-state index is 11.1. The third-order valence-electron chi connectivity index (χ3n) is 2.78. The van der Waals surface area contributed by atoms with E-state index in [9.17, 15) is 9.59 Å². The molecule has 6 nitrogen and oxygen atoms in total. The molecule has 0 atom stereocenters. The fourth-order valence-corrected chi connectivity index (χ4v) is 1.70. The largest absolute Gasteiger partial charge is 0.475 e. The molecule has 0 fully saturated rings. The Labute approximate surface area is 115 Å². The van der Waals surface area contributed by atoms with Gasteiger partial charge in [-0.3, -0.25) is 9.78 Å². The number of aromatic nitrogens is 3. The highest BCUT2D eigenvalue weighted by Crippen LogP contribution is 2.06. The van der Waals surface area contributed by atoms with Crippen LogP contribution in [0.15, 0.2) is 37.1 Å². The number of aliphatic carboxylic acids is 1. The van der Waals surface area contributed by atoms with Gasteiger partial charge < -0.3 is 5.11 Å². The Morgan fingerprint density at radius 3 is 2.30 bits per heavy atom. The van der Waals surface area contributed by atoms with Crippen molar-refractivity contribution in [1.82, 2.24) is 15.0 Å². The second-order valence-corrected chi connectivity index (χ2v) is 4.31. The second kappa shape index (κ2) is 6.51. The molecule has 0 aliphatic rings. The normalized spacial score (nSPS) is 10.2. The lowest BCUT2D eigenvalue weighted by Gasteiger charge is -2.02. The third-order valence-corrected chi connectivity index (χ3v) is 2.78. The molecule has 0 spiro atoms. The van der Waals surface area contributed by atoms with Gasteiger partial charge in [-0.2, -0.15) is 0 Å². The number of carbonyl (C=O) groups is 2. The third kappa shape index (κ3) is 3.94. The van der Waals surface area contributed by atoms with Crippen molar-refractivity contribution >= 4 is 11.8 Å². The van der Waals surface area contributed by atoms with Crippen LogP contribution in [0.1, 0.15) is 16.8 Å². The Morgan fingerprint density at radius 2 is 1.70 bits per heavy atom. The summed E-state index contributed by atoms with van der Waals surface area (Å²) in [4.78, 5) is 33.5. The lowest BCUT2D eigenvalue weighted by atomic mass is 10.1. The molecule has 0 aromatic carbocycles. The van der Waals surface area contributed by atoms with Crippen molar-refractivity contribution in [3.63, 3.8) is 0 Å². The van der Waals surface area contributed by atoms with Gasteiger partial charge in [0.1, 0.15) is 6.33 Å². The van der Waals surface area contributed by atoms with Crippen LogP contribution >= 0.6 is 0 Å². The van der Waals surface area contributed by atoms with E-state index in [2.05, 4.69) is 15.0 Å². The van der Waals surface area contributed by atoms with Gasteiger partial charge in [-0.25, -0.2) is 14.8 Å². The molecule has 2 aromatic rings. The molecule has 0 unspecified atom stereocenters. The number of hydrogen-bond acceptors (Lipinski definition) is 5. The minimum Gasteiger partial charge on any atom is -0.475 e. The van der Waals surface area contributed by atoms with Crippen LogP contribution in [0.2, 0.25) is 0 Å². The van der Waals surface area contributed by atoms with Crippen LogP contribution in [0.4, 0.5) is 0 Å². The number of nitrogens with zero attached hydrogens (tertiary/aromatic N) is 3. The zero-order valence-electron chi connectivity index (χ0n) is 10.7. The van der Waals surface area contributed by atoms with E-state index in [1.54, 1.807) is 24.7 Å². The Hall–Kier alpha value is -2.63. The second-order valence-electron chi connectivity index (χ2n) is 4.31. The molecule has 2 heterocycles. The SMILES string of the molecule is O=C(O)C(=O)Cc1ccc(CCc2cncnc2)cn1. The van der Waals surface area contributed by atoms with Crippen LogP contribution in [0.5, 0.6) is 0 Å². The number of carboxylic acid groups (broad SMARTS) is 1. The summed E-state index contributed by atoms with van der Waals surface area (Å²) in [7, 11) is 0. The highest BCUT2D eigenvalue weighted by atomic mass is 16.4. The summed E-state index contributed by atoms with van der Waals surface area (Å²) in [6.45, 7) is 0. The first kappa shape index (κ1) is 13.8. The van der Waals surface area contributed by atoms with Gasteiger partial charge in [0.2, 0.25) is 5.78 Å². The van der Waals surface area contributed by atoms with Crippen molar-refractivity contribution < 1.29 is 14.7 Å². The van der Waals surface area contributed by atoms with Crippen LogP contribution in [0.25, 0.3) is 0 Å². The standard InChI is InChI=1S/C14H13N3O3/c18-13(14(19)20)5-12-4-3-10(8-17-12)1-2-11-6-15-9-16-7-11/h3-4,6-9H,1-2,5H2,(H,19,20). The van der Waals surface area contributed by atoms with E-state index < -0.39 is 11.8 Å². The predicted octanol–water partition coefficient (Wildman–Crippen LogP) is 0.853. The molecule has 1 N–H and O–H groups in total. The highest BCUT2D eigenvalue weighted by molar-refractivity contribution is 6.33. The van der Waals surface area contributed by atoms with E-state index in [0.29, 0.717) is 5.69 Å². The van der Waals surface area contributed by atoms with E-state index in [1.807, 2.05) is 6.07 Å². The summed E-state index contributed by atoms with van der Waals surface area (Å²) in [5, 5.41) is 8.52. The Balaban J connectivity index is 1.91. The van der Waals surface area contributed by atoms with Gasteiger partial charge in [-0.15, -0.1) is 0 Å². The molecule has 0 saturated heterocycles. The number of hydrogen-bond donors (Lipinski definition) is 1. The van der Waals surface area contributed by atoms with Gasteiger partial charge in [0.05, 0.1) is 6.42 Å². The number of rotatable bonds is 6. The van der Waals surface area contributed by atoms with Crippen molar-refractivity contribution in [2.75, 3.05) is 0 Å². The van der Waals surface area contributed by atoms with Crippen LogP contribution in [-0.2, 0) is 28.9 Å². The molecule has 0 aliphatic heterocycles. The average Bonchev–Trinajstić information content (AvgIpc) is 2.47. The molecule has 0 radical (unpaired) electrons. The Kier molecular flexibility index (Phi) is 4.49. The average molecular weight is 271 g/mol. The number of aryl methyl sites for hydroxylation is 2. The molecule has 6 heteroatoms. The summed E-state index contributed by atoms with van der Waals surface area (Å²) in [6.07, 6.45) is 8.08. The summed E-state index contributed by atoms with van der Waals surface area (Å²) in [5.41, 5.74) is 2.52. The molecule has 0 amide bonds. The smallest absolute Gasteiger partial charge is 0.372 e. The molecule has 2 rings (SSSR count). The minimum atomic E-state index is -1.43. The number of ketones is 1. The zero-order chi connectivity index (χ0) is 14.4. The van der Waals surface area contributed by atoms with Crippen molar-refractivity contribution in [2.45, 2.75) is 19.3 Å². The molecule has 2 aromatic heterocycles. The fourth-order valence-electron chi connectivity index (χ4n) is 1.70. The first-order valence-corrected chi connectivity index (χ1v) is 6.09. The summed E-state index contributed by atoms with van der Waals surface area (Å²) >= 11 is 0. The Bertz CT molecular complexity index is 597. The van der Waals surface area contributed by atoms with Crippen molar-refractivity contribution in [3.05, 3.63) is 53.9 Å². The molecule has 102 valence electrons. The lowest BCUT2D eigenvalue weighted by molar-refractivity contribution is -0.148. The number of carbonyl (C=O) groups excluding carboxylic acids is 1. The monoisotopic (exact) mass is 271 g/mol. The lowest BCUT2D eigenvalue weighted by Crippen LogP contribution is -2.15. The molecule has 0 aliphatic carbocycles. The summed E-state index contributed by atoms with van der Waals surface area (Å²) in [5.74, 6) is -2.29. The van der Waals surface area contributed by atoms with Crippen molar-refractivity contribution in [3.8, 4) is 0 Å². The van der Waals surface area contributed by atoms with Gasteiger partial charge in [-0.05, 0) is 30.0 Å². The van der Waals surface area contributed by atoms with E-state index in [4.69, 9.17) is 5.11 Å². The number of carboxylic acids is 1. The van der Waals surface area contributed by atoms with Crippen molar-refractivity contribution in [2.24, 2.45) is 0 Å². The van der Waals surface area contributed by atoms with Gasteiger partial charge >= 0.3 is 5.97 Å². The van der Waals surface area contributed by atoms with E-state index >= 15 is 0 Å². The maximum atomic E-state index is 11.1. The van der Waals surface area contributed by atoms with Crippen LogP contribution < -0.4 is 0 Å². The van der Waals surface area contributed by atoms with Crippen LogP contribution in [-0.4, -0.2) is 31.8 Å². The van der Waals surface area contributed by atoms with Gasteiger partial charge in [0, 0.05) is 24.3 Å². The summed E-state index contributed by atoms with van der Waals surface area (Å²) in [6, 6.07) is 3.53.